The van der Waals surface area contributed by atoms with Crippen LogP contribution >= 0.6 is 27.5 Å². The van der Waals surface area contributed by atoms with Gasteiger partial charge in [-0.25, -0.2) is 0 Å². The van der Waals surface area contributed by atoms with Crippen LogP contribution in [0.3, 0.4) is 0 Å². The van der Waals surface area contributed by atoms with Gasteiger partial charge in [-0.3, -0.25) is 9.59 Å². The van der Waals surface area contributed by atoms with Crippen molar-refractivity contribution < 1.29 is 14.3 Å². The van der Waals surface area contributed by atoms with E-state index in [4.69, 9.17) is 16.3 Å². The van der Waals surface area contributed by atoms with E-state index in [1.165, 1.54) is 7.11 Å². The smallest absolute Gasteiger partial charge is 0.325 e. The van der Waals surface area contributed by atoms with Crippen molar-refractivity contribution in [1.29, 1.82) is 0 Å². The molecule has 0 radical (unpaired) electrons. The van der Waals surface area contributed by atoms with E-state index in [0.717, 1.165) is 30.2 Å². The molecule has 0 heterocycles. The number of benzene rings is 1. The van der Waals surface area contributed by atoms with Crippen LogP contribution in [0.25, 0.3) is 0 Å². The summed E-state index contributed by atoms with van der Waals surface area (Å²) in [6, 6.07) is 5.21. The van der Waals surface area contributed by atoms with Gasteiger partial charge in [-0.2, -0.15) is 0 Å². The zero-order chi connectivity index (χ0) is 15.4. The number of carbonyl (C=O) groups excluding carboxylic acids is 2. The third-order valence-electron chi connectivity index (χ3n) is 3.71. The first-order valence-electron chi connectivity index (χ1n) is 6.85. The molecule has 4 nitrogen and oxygen atoms in total. The van der Waals surface area contributed by atoms with Crippen LogP contribution in [0.2, 0.25) is 5.02 Å². The fourth-order valence-electron chi connectivity index (χ4n) is 2.60. The number of amides is 1. The van der Waals surface area contributed by atoms with E-state index in [9.17, 15) is 9.59 Å². The molecule has 0 aromatic heterocycles. The summed E-state index contributed by atoms with van der Waals surface area (Å²) in [6.07, 6.45) is 3.96. The molecule has 1 aromatic carbocycles. The van der Waals surface area contributed by atoms with E-state index in [2.05, 4.69) is 15.9 Å². The predicted octanol–water partition coefficient (Wildman–Crippen LogP) is 3.66. The van der Waals surface area contributed by atoms with Crippen LogP contribution in [-0.2, 0) is 9.53 Å². The van der Waals surface area contributed by atoms with E-state index in [-0.39, 0.29) is 18.5 Å². The van der Waals surface area contributed by atoms with Crippen molar-refractivity contribution in [2.75, 3.05) is 13.7 Å². The Hall–Kier alpha value is -1.07. The lowest BCUT2D eigenvalue weighted by molar-refractivity contribution is -0.141. The Morgan fingerprint density at radius 1 is 1.38 bits per heavy atom. The molecule has 1 aliphatic rings. The van der Waals surface area contributed by atoms with Crippen LogP contribution < -0.4 is 0 Å². The topological polar surface area (TPSA) is 46.6 Å². The normalized spacial score (nSPS) is 15.0. The summed E-state index contributed by atoms with van der Waals surface area (Å²) >= 11 is 9.47. The Morgan fingerprint density at radius 3 is 2.67 bits per heavy atom. The molecular weight excluding hydrogens is 358 g/mol. The predicted molar refractivity (Wildman–Crippen MR) is 84.5 cm³/mol. The van der Waals surface area contributed by atoms with Crippen LogP contribution in [-0.4, -0.2) is 36.5 Å². The molecule has 2 rings (SSSR count). The monoisotopic (exact) mass is 373 g/mol. The lowest BCUT2D eigenvalue weighted by Gasteiger charge is -2.28. The first-order chi connectivity index (χ1) is 10.0. The molecular formula is C15H17BrClNO3. The maximum atomic E-state index is 12.8. The Labute approximate surface area is 137 Å². The van der Waals surface area contributed by atoms with Gasteiger partial charge >= 0.3 is 5.97 Å². The molecule has 0 bridgehead atoms. The number of carbonyl (C=O) groups is 2. The van der Waals surface area contributed by atoms with E-state index in [1.54, 1.807) is 23.1 Å². The fraction of sp³-hybridized carbons (Fsp3) is 0.467. The molecule has 114 valence electrons. The van der Waals surface area contributed by atoms with E-state index in [1.807, 2.05) is 0 Å². The second-order valence-electron chi connectivity index (χ2n) is 5.07. The third kappa shape index (κ3) is 3.98. The summed E-state index contributed by atoms with van der Waals surface area (Å²) in [5.41, 5.74) is 0.404. The van der Waals surface area contributed by atoms with Crippen LogP contribution in [0, 0.1) is 0 Å². The van der Waals surface area contributed by atoms with Crippen LogP contribution in [0.4, 0.5) is 0 Å². The first kappa shape index (κ1) is 16.3. The first-order valence-corrected chi connectivity index (χ1v) is 8.03. The van der Waals surface area contributed by atoms with Gasteiger partial charge in [0, 0.05) is 10.5 Å². The van der Waals surface area contributed by atoms with Gasteiger partial charge in [-0.15, -0.1) is 0 Å². The number of methoxy groups -OCH3 is 1. The Morgan fingerprint density at radius 2 is 2.05 bits per heavy atom. The van der Waals surface area contributed by atoms with E-state index in [0.29, 0.717) is 10.6 Å². The van der Waals surface area contributed by atoms with Gasteiger partial charge in [0.1, 0.15) is 6.54 Å². The average Bonchev–Trinajstić information content (AvgIpc) is 3.00. The van der Waals surface area contributed by atoms with Gasteiger partial charge in [-0.1, -0.05) is 40.4 Å². The van der Waals surface area contributed by atoms with E-state index >= 15 is 0 Å². The lowest BCUT2D eigenvalue weighted by Crippen LogP contribution is -2.42. The quantitative estimate of drug-likeness (QED) is 0.756. The van der Waals surface area contributed by atoms with Crippen molar-refractivity contribution in [3.8, 4) is 0 Å². The minimum absolute atomic E-state index is 0.0388. The summed E-state index contributed by atoms with van der Waals surface area (Å²) in [4.78, 5) is 26.0. The zero-order valence-corrected chi connectivity index (χ0v) is 14.1. The Bertz CT molecular complexity index is 544. The molecule has 0 unspecified atom stereocenters. The molecule has 0 aliphatic heterocycles. The van der Waals surface area contributed by atoms with Crippen LogP contribution in [0.15, 0.2) is 22.7 Å². The molecule has 1 aromatic rings. The highest BCUT2D eigenvalue weighted by Gasteiger charge is 2.30. The molecule has 0 N–H and O–H groups in total. The lowest BCUT2D eigenvalue weighted by atomic mass is 10.1. The Kier molecular flexibility index (Phi) is 5.65. The molecule has 21 heavy (non-hydrogen) atoms. The minimum Gasteiger partial charge on any atom is -0.468 e. The second kappa shape index (κ2) is 7.27. The molecule has 0 atom stereocenters. The number of hydrogen-bond donors (Lipinski definition) is 0. The summed E-state index contributed by atoms with van der Waals surface area (Å²) in [5, 5.41) is 0.385. The third-order valence-corrected chi connectivity index (χ3v) is 4.54. The van der Waals surface area contributed by atoms with Crippen molar-refractivity contribution in [2.45, 2.75) is 31.7 Å². The van der Waals surface area contributed by atoms with Gasteiger partial charge in [0.25, 0.3) is 5.91 Å². The van der Waals surface area contributed by atoms with Crippen molar-refractivity contribution in [3.63, 3.8) is 0 Å². The molecule has 1 saturated carbocycles. The largest absolute Gasteiger partial charge is 0.468 e. The number of ether oxygens (including phenoxy) is 1. The zero-order valence-electron chi connectivity index (χ0n) is 11.8. The van der Waals surface area contributed by atoms with Gasteiger partial charge in [-0.05, 0) is 31.0 Å². The highest BCUT2D eigenvalue weighted by molar-refractivity contribution is 9.10. The van der Waals surface area contributed by atoms with E-state index < -0.39 is 5.97 Å². The molecule has 1 fully saturated rings. The Balaban J connectivity index is 2.28. The number of nitrogens with zero attached hydrogens (tertiary/aromatic N) is 1. The number of rotatable bonds is 4. The summed E-state index contributed by atoms with van der Waals surface area (Å²) < 4.78 is 5.48. The summed E-state index contributed by atoms with van der Waals surface area (Å²) in [5.74, 6) is -0.639. The van der Waals surface area contributed by atoms with Crippen molar-refractivity contribution in [1.82, 2.24) is 4.90 Å². The SMILES string of the molecule is COC(=O)CN(C(=O)c1cc(Br)ccc1Cl)C1CCCC1. The summed E-state index contributed by atoms with van der Waals surface area (Å²) in [6.45, 7) is -0.0388. The van der Waals surface area contributed by atoms with Crippen molar-refractivity contribution in [3.05, 3.63) is 33.3 Å². The van der Waals surface area contributed by atoms with Gasteiger partial charge < -0.3 is 9.64 Å². The average molecular weight is 375 g/mol. The molecule has 1 aliphatic carbocycles. The molecule has 0 spiro atoms. The van der Waals surface area contributed by atoms with Crippen LogP contribution in [0.5, 0.6) is 0 Å². The fourth-order valence-corrected chi connectivity index (χ4v) is 3.16. The molecule has 1 amide bonds. The second-order valence-corrected chi connectivity index (χ2v) is 6.39. The van der Waals surface area contributed by atoms with Gasteiger partial charge in [0.05, 0.1) is 17.7 Å². The van der Waals surface area contributed by atoms with Crippen molar-refractivity contribution in [2.24, 2.45) is 0 Å². The minimum atomic E-state index is -0.415. The standard InChI is InChI=1S/C15H17BrClNO3/c1-21-14(19)9-18(11-4-2-3-5-11)15(20)12-8-10(16)6-7-13(12)17/h6-8,11H,2-5,9H2,1H3. The van der Waals surface area contributed by atoms with Gasteiger partial charge in [0.2, 0.25) is 0 Å². The maximum Gasteiger partial charge on any atom is 0.325 e. The molecule has 6 heteroatoms. The van der Waals surface area contributed by atoms with Crippen LogP contribution in [0.1, 0.15) is 36.0 Å². The number of hydrogen-bond acceptors (Lipinski definition) is 3. The van der Waals surface area contributed by atoms with Gasteiger partial charge in [0.15, 0.2) is 0 Å². The maximum absolute atomic E-state index is 12.8. The highest BCUT2D eigenvalue weighted by Crippen LogP contribution is 2.28. The summed E-state index contributed by atoms with van der Waals surface area (Å²) in [7, 11) is 1.33. The number of halogens is 2. The highest BCUT2D eigenvalue weighted by atomic mass is 79.9. The molecule has 0 saturated heterocycles. The number of esters is 1. The van der Waals surface area contributed by atoms with Crippen molar-refractivity contribution >= 4 is 39.4 Å².